The normalized spacial score (nSPS) is 11.8. The summed E-state index contributed by atoms with van der Waals surface area (Å²) in [5, 5.41) is 24.4. The Morgan fingerprint density at radius 1 is 1.56 bits per heavy atom. The number of hydrogen-bond acceptors (Lipinski definition) is 3. The molecule has 9 heavy (non-hydrogen) atoms. The fraction of sp³-hybridized carbons (Fsp3) is 0.750. The van der Waals surface area contributed by atoms with E-state index >= 15 is 0 Å². The van der Waals surface area contributed by atoms with Crippen LogP contribution in [-0.4, -0.2) is 63.6 Å². The first-order valence-corrected chi connectivity index (χ1v) is 2.17. The molecule has 0 radical (unpaired) electrons. The number of aliphatic hydroxyl groups excluding tert-OH is 2. The van der Waals surface area contributed by atoms with Crippen molar-refractivity contribution in [1.29, 1.82) is 0 Å². The predicted octanol–water partition coefficient (Wildman–Crippen LogP) is -1.83. The Kier molecular flexibility index (Phi) is 8.75. The van der Waals surface area contributed by atoms with Crippen LogP contribution in [0.1, 0.15) is 6.42 Å². The molecule has 0 amide bonds. The van der Waals surface area contributed by atoms with Gasteiger partial charge < -0.3 is 15.3 Å². The maximum absolute atomic E-state index is 9.70. The van der Waals surface area contributed by atoms with Crippen molar-refractivity contribution >= 4 is 35.5 Å². The Morgan fingerprint density at radius 3 is 2.11 bits per heavy atom. The molecular formula is C4H9NaO4. The zero-order valence-corrected chi connectivity index (χ0v) is 4.24. The molecule has 0 saturated carbocycles. The van der Waals surface area contributed by atoms with Crippen LogP contribution in [0.15, 0.2) is 0 Å². The van der Waals surface area contributed by atoms with Crippen LogP contribution in [0.2, 0.25) is 0 Å². The SMILES string of the molecule is O=C(O)C[C@H](O)CO.[NaH]. The summed E-state index contributed by atoms with van der Waals surface area (Å²) in [6, 6.07) is 0. The summed E-state index contributed by atoms with van der Waals surface area (Å²) >= 11 is 0. The number of carbonyl (C=O) groups is 1. The summed E-state index contributed by atoms with van der Waals surface area (Å²) in [6.45, 7) is -0.494. The summed E-state index contributed by atoms with van der Waals surface area (Å²) < 4.78 is 0. The van der Waals surface area contributed by atoms with Gasteiger partial charge in [-0.15, -0.1) is 0 Å². The van der Waals surface area contributed by atoms with Crippen LogP contribution in [0.3, 0.4) is 0 Å². The first kappa shape index (κ1) is 12.1. The number of hydrogen-bond donors (Lipinski definition) is 3. The minimum atomic E-state index is -1.12. The number of carboxylic acid groups (broad SMARTS) is 1. The van der Waals surface area contributed by atoms with Gasteiger partial charge in [-0.05, 0) is 0 Å². The number of rotatable bonds is 3. The van der Waals surface area contributed by atoms with E-state index in [0.717, 1.165) is 0 Å². The molecule has 0 aliphatic carbocycles. The second-order valence-electron chi connectivity index (χ2n) is 1.43. The monoisotopic (exact) mass is 144 g/mol. The summed E-state index contributed by atoms with van der Waals surface area (Å²) in [5.74, 6) is -1.11. The van der Waals surface area contributed by atoms with Crippen molar-refractivity contribution in [3.05, 3.63) is 0 Å². The van der Waals surface area contributed by atoms with Gasteiger partial charge in [0.15, 0.2) is 0 Å². The van der Waals surface area contributed by atoms with Gasteiger partial charge in [0.1, 0.15) is 0 Å². The van der Waals surface area contributed by atoms with Crippen LogP contribution >= 0.6 is 0 Å². The summed E-state index contributed by atoms with van der Waals surface area (Å²) in [7, 11) is 0. The molecule has 5 heteroatoms. The van der Waals surface area contributed by atoms with E-state index in [1.165, 1.54) is 0 Å². The molecule has 0 aliphatic heterocycles. The maximum atomic E-state index is 9.70. The fourth-order valence-electron chi connectivity index (χ4n) is 0.266. The number of carboxylic acids is 1. The van der Waals surface area contributed by atoms with Crippen molar-refractivity contribution in [2.75, 3.05) is 6.61 Å². The van der Waals surface area contributed by atoms with Gasteiger partial charge in [-0.2, -0.15) is 0 Å². The van der Waals surface area contributed by atoms with Crippen LogP contribution in [0.25, 0.3) is 0 Å². The van der Waals surface area contributed by atoms with Gasteiger partial charge in [0.05, 0.1) is 19.1 Å². The van der Waals surface area contributed by atoms with Crippen molar-refractivity contribution in [3.63, 3.8) is 0 Å². The van der Waals surface area contributed by atoms with Gasteiger partial charge in [-0.3, -0.25) is 4.79 Å². The molecule has 0 unspecified atom stereocenters. The van der Waals surface area contributed by atoms with Crippen LogP contribution in [0.4, 0.5) is 0 Å². The van der Waals surface area contributed by atoms with Crippen LogP contribution in [-0.2, 0) is 4.79 Å². The minimum absolute atomic E-state index is 0. The molecule has 0 aromatic carbocycles. The molecule has 0 saturated heterocycles. The van der Waals surface area contributed by atoms with Crippen molar-refractivity contribution in [3.8, 4) is 0 Å². The van der Waals surface area contributed by atoms with Gasteiger partial charge in [0.2, 0.25) is 0 Å². The average Bonchev–Trinajstić information content (AvgIpc) is 1.65. The van der Waals surface area contributed by atoms with Crippen LogP contribution < -0.4 is 0 Å². The first-order valence-electron chi connectivity index (χ1n) is 2.17. The van der Waals surface area contributed by atoms with Crippen molar-refractivity contribution in [1.82, 2.24) is 0 Å². The van der Waals surface area contributed by atoms with E-state index in [0.29, 0.717) is 0 Å². The molecule has 50 valence electrons. The van der Waals surface area contributed by atoms with Gasteiger partial charge in [0, 0.05) is 0 Å². The molecule has 1 atom stereocenters. The molecule has 0 spiro atoms. The number of aliphatic carboxylic acids is 1. The Labute approximate surface area is 74.8 Å². The van der Waals surface area contributed by atoms with Crippen molar-refractivity contribution in [2.24, 2.45) is 0 Å². The quantitative estimate of drug-likeness (QED) is 0.407. The summed E-state index contributed by atoms with van der Waals surface area (Å²) in [6.07, 6.45) is -1.51. The topological polar surface area (TPSA) is 77.8 Å². The molecule has 4 nitrogen and oxygen atoms in total. The van der Waals surface area contributed by atoms with Gasteiger partial charge >= 0.3 is 35.5 Å². The van der Waals surface area contributed by atoms with Crippen molar-refractivity contribution < 1.29 is 20.1 Å². The van der Waals surface area contributed by atoms with E-state index in [1.807, 2.05) is 0 Å². The molecule has 0 aromatic rings. The van der Waals surface area contributed by atoms with E-state index < -0.39 is 25.1 Å². The second kappa shape index (κ2) is 6.51. The Balaban J connectivity index is 0. The molecule has 0 aliphatic rings. The standard InChI is InChI=1S/C4H8O4.Na.H/c5-2-3(6)1-4(7)8;;/h3,5-6H,1-2H2,(H,7,8);;/t3-;;/m0../s1. The van der Waals surface area contributed by atoms with Gasteiger partial charge in [-0.25, -0.2) is 0 Å². The second-order valence-corrected chi connectivity index (χ2v) is 1.43. The molecule has 0 fully saturated rings. The summed E-state index contributed by atoms with van der Waals surface area (Å²) in [5.41, 5.74) is 0. The first-order chi connectivity index (χ1) is 3.66. The molecule has 0 heterocycles. The Bertz CT molecular complexity index is 84.6. The number of aliphatic hydroxyl groups is 2. The molecular weight excluding hydrogens is 135 g/mol. The third kappa shape index (κ3) is 8.39. The fourth-order valence-corrected chi connectivity index (χ4v) is 0.266. The zero-order valence-electron chi connectivity index (χ0n) is 4.24. The molecule has 0 rings (SSSR count). The predicted molar refractivity (Wildman–Crippen MR) is 32.5 cm³/mol. The molecule has 0 aromatic heterocycles. The zero-order chi connectivity index (χ0) is 6.57. The van der Waals surface area contributed by atoms with Gasteiger partial charge in [0.25, 0.3) is 0 Å². The van der Waals surface area contributed by atoms with E-state index in [2.05, 4.69) is 0 Å². The van der Waals surface area contributed by atoms with Crippen molar-refractivity contribution in [2.45, 2.75) is 12.5 Å². The molecule has 0 bridgehead atoms. The Hall–Kier alpha value is 0.390. The van der Waals surface area contributed by atoms with Gasteiger partial charge in [-0.1, -0.05) is 0 Å². The van der Waals surface area contributed by atoms with Crippen LogP contribution in [0, 0.1) is 0 Å². The average molecular weight is 144 g/mol. The molecule has 3 N–H and O–H groups in total. The third-order valence-corrected chi connectivity index (χ3v) is 0.621. The van der Waals surface area contributed by atoms with E-state index in [4.69, 9.17) is 15.3 Å². The van der Waals surface area contributed by atoms with E-state index in [-0.39, 0.29) is 29.6 Å². The summed E-state index contributed by atoms with van der Waals surface area (Å²) in [4.78, 5) is 9.70. The Morgan fingerprint density at radius 2 is 2.00 bits per heavy atom. The van der Waals surface area contributed by atoms with E-state index in [1.54, 1.807) is 0 Å². The van der Waals surface area contributed by atoms with Crippen LogP contribution in [0.5, 0.6) is 0 Å². The third-order valence-electron chi connectivity index (χ3n) is 0.621. The van der Waals surface area contributed by atoms with E-state index in [9.17, 15) is 4.79 Å².